The highest BCUT2D eigenvalue weighted by Crippen LogP contribution is 2.21. The molecule has 0 spiro atoms. The Morgan fingerprint density at radius 2 is 1.83 bits per heavy atom. The maximum absolute atomic E-state index is 11.7. The standard InChI is InChI=1S/C13H24N2O3/c1-11(16)15(10-9-14-13(17)18-2)12-7-5-3-4-6-8-12/h12H,3-10H2,1-2H3,(H,14,17). The SMILES string of the molecule is COC(=O)NCCN(C(C)=O)C1CCCCCC1. The number of nitrogens with one attached hydrogen (secondary N) is 1. The molecule has 1 saturated carbocycles. The molecule has 18 heavy (non-hydrogen) atoms. The van der Waals surface area contributed by atoms with Crippen LogP contribution in [0, 0.1) is 0 Å². The number of hydrogen-bond donors (Lipinski definition) is 1. The molecule has 0 saturated heterocycles. The summed E-state index contributed by atoms with van der Waals surface area (Å²) < 4.78 is 4.50. The molecule has 0 bridgehead atoms. The second-order valence-electron chi connectivity index (χ2n) is 4.78. The maximum Gasteiger partial charge on any atom is 0.406 e. The van der Waals surface area contributed by atoms with E-state index in [-0.39, 0.29) is 5.91 Å². The van der Waals surface area contributed by atoms with Crippen molar-refractivity contribution in [1.29, 1.82) is 0 Å². The Balaban J connectivity index is 2.42. The summed E-state index contributed by atoms with van der Waals surface area (Å²) in [6, 6.07) is 0.337. The molecule has 0 unspecified atom stereocenters. The van der Waals surface area contributed by atoms with Crippen LogP contribution in [0.3, 0.4) is 0 Å². The molecule has 0 aromatic carbocycles. The number of carbonyl (C=O) groups is 2. The number of amides is 2. The Labute approximate surface area is 109 Å². The van der Waals surface area contributed by atoms with Gasteiger partial charge in [0.05, 0.1) is 7.11 Å². The molecular weight excluding hydrogens is 232 g/mol. The number of rotatable bonds is 4. The Kier molecular flexibility index (Phi) is 6.54. The zero-order valence-corrected chi connectivity index (χ0v) is 11.4. The van der Waals surface area contributed by atoms with E-state index in [9.17, 15) is 9.59 Å². The van der Waals surface area contributed by atoms with Crippen LogP contribution in [0.15, 0.2) is 0 Å². The summed E-state index contributed by atoms with van der Waals surface area (Å²) in [7, 11) is 1.34. The molecule has 0 atom stereocenters. The van der Waals surface area contributed by atoms with Crippen molar-refractivity contribution < 1.29 is 14.3 Å². The number of hydrogen-bond acceptors (Lipinski definition) is 3. The quantitative estimate of drug-likeness (QED) is 0.782. The lowest BCUT2D eigenvalue weighted by Gasteiger charge is -2.30. The van der Waals surface area contributed by atoms with Gasteiger partial charge in [0.1, 0.15) is 0 Å². The topological polar surface area (TPSA) is 58.6 Å². The molecule has 1 fully saturated rings. The molecule has 1 N–H and O–H groups in total. The van der Waals surface area contributed by atoms with Gasteiger partial charge in [-0.3, -0.25) is 4.79 Å². The number of ether oxygens (including phenoxy) is 1. The van der Waals surface area contributed by atoms with E-state index in [1.807, 2.05) is 4.90 Å². The van der Waals surface area contributed by atoms with Gasteiger partial charge in [0, 0.05) is 26.1 Å². The molecular formula is C13H24N2O3. The van der Waals surface area contributed by atoms with E-state index in [0.29, 0.717) is 19.1 Å². The van der Waals surface area contributed by atoms with E-state index in [2.05, 4.69) is 10.1 Å². The summed E-state index contributed by atoms with van der Waals surface area (Å²) in [5.74, 6) is 0.0913. The average Bonchev–Trinajstić information content (AvgIpc) is 2.62. The van der Waals surface area contributed by atoms with Crippen LogP contribution in [-0.2, 0) is 9.53 Å². The molecule has 1 rings (SSSR count). The summed E-state index contributed by atoms with van der Waals surface area (Å²) in [4.78, 5) is 24.5. The van der Waals surface area contributed by atoms with Gasteiger partial charge in [0.15, 0.2) is 0 Å². The number of carbonyl (C=O) groups excluding carboxylic acids is 2. The van der Waals surface area contributed by atoms with Crippen LogP contribution in [0.2, 0.25) is 0 Å². The molecule has 104 valence electrons. The van der Waals surface area contributed by atoms with Gasteiger partial charge in [0.25, 0.3) is 0 Å². The van der Waals surface area contributed by atoms with Gasteiger partial charge in [-0.2, -0.15) is 0 Å². The summed E-state index contributed by atoms with van der Waals surface area (Å²) in [5, 5.41) is 2.62. The lowest BCUT2D eigenvalue weighted by molar-refractivity contribution is -0.131. The van der Waals surface area contributed by atoms with Crippen LogP contribution in [0.4, 0.5) is 4.79 Å². The van der Waals surface area contributed by atoms with Crippen molar-refractivity contribution in [1.82, 2.24) is 10.2 Å². The first-order valence-corrected chi connectivity index (χ1v) is 6.74. The lowest BCUT2D eigenvalue weighted by Crippen LogP contribution is -2.43. The van der Waals surface area contributed by atoms with E-state index in [1.165, 1.54) is 32.8 Å². The van der Waals surface area contributed by atoms with E-state index in [1.54, 1.807) is 6.92 Å². The predicted molar refractivity (Wildman–Crippen MR) is 69.3 cm³/mol. The van der Waals surface area contributed by atoms with Gasteiger partial charge in [-0.15, -0.1) is 0 Å². The molecule has 2 amide bonds. The Morgan fingerprint density at radius 3 is 2.33 bits per heavy atom. The average molecular weight is 256 g/mol. The van der Waals surface area contributed by atoms with Crippen LogP contribution in [-0.4, -0.2) is 43.1 Å². The molecule has 1 aliphatic carbocycles. The van der Waals surface area contributed by atoms with Gasteiger partial charge in [-0.05, 0) is 12.8 Å². The second kappa shape index (κ2) is 7.95. The third-order valence-corrected chi connectivity index (χ3v) is 3.48. The van der Waals surface area contributed by atoms with Gasteiger partial charge >= 0.3 is 6.09 Å². The fourth-order valence-corrected chi connectivity index (χ4v) is 2.52. The fraction of sp³-hybridized carbons (Fsp3) is 0.846. The van der Waals surface area contributed by atoms with Crippen LogP contribution in [0.5, 0.6) is 0 Å². The van der Waals surface area contributed by atoms with Gasteiger partial charge in [-0.25, -0.2) is 4.79 Å². The monoisotopic (exact) mass is 256 g/mol. The smallest absolute Gasteiger partial charge is 0.406 e. The van der Waals surface area contributed by atoms with Crippen LogP contribution in [0.25, 0.3) is 0 Å². The minimum Gasteiger partial charge on any atom is -0.453 e. The summed E-state index contributed by atoms with van der Waals surface area (Å²) in [6.07, 6.45) is 6.64. The molecule has 0 aromatic heterocycles. The first-order chi connectivity index (χ1) is 8.65. The molecule has 0 radical (unpaired) electrons. The van der Waals surface area contributed by atoms with E-state index in [0.717, 1.165) is 12.8 Å². The van der Waals surface area contributed by atoms with Crippen molar-refractivity contribution in [2.75, 3.05) is 20.2 Å². The zero-order valence-electron chi connectivity index (χ0n) is 11.4. The highest BCUT2D eigenvalue weighted by Gasteiger charge is 2.21. The summed E-state index contributed by atoms with van der Waals surface area (Å²) in [5.41, 5.74) is 0. The molecule has 0 heterocycles. The first kappa shape index (κ1) is 14.8. The molecule has 5 heteroatoms. The lowest BCUT2D eigenvalue weighted by atomic mass is 10.1. The number of alkyl carbamates (subject to hydrolysis) is 1. The number of nitrogens with zero attached hydrogens (tertiary/aromatic N) is 1. The predicted octanol–water partition coefficient (Wildman–Crippen LogP) is 1.91. The summed E-state index contributed by atoms with van der Waals surface area (Å²) >= 11 is 0. The third-order valence-electron chi connectivity index (χ3n) is 3.48. The van der Waals surface area contributed by atoms with E-state index >= 15 is 0 Å². The van der Waals surface area contributed by atoms with Gasteiger partial charge < -0.3 is 15.0 Å². The molecule has 5 nitrogen and oxygen atoms in total. The highest BCUT2D eigenvalue weighted by molar-refractivity contribution is 5.73. The second-order valence-corrected chi connectivity index (χ2v) is 4.78. The van der Waals surface area contributed by atoms with Crippen molar-refractivity contribution in [2.24, 2.45) is 0 Å². The van der Waals surface area contributed by atoms with Crippen LogP contribution >= 0.6 is 0 Å². The van der Waals surface area contributed by atoms with E-state index in [4.69, 9.17) is 0 Å². The first-order valence-electron chi connectivity index (χ1n) is 6.74. The Morgan fingerprint density at radius 1 is 1.22 bits per heavy atom. The van der Waals surface area contributed by atoms with Crippen molar-refractivity contribution >= 4 is 12.0 Å². The zero-order chi connectivity index (χ0) is 13.4. The van der Waals surface area contributed by atoms with Crippen molar-refractivity contribution in [3.63, 3.8) is 0 Å². The fourth-order valence-electron chi connectivity index (χ4n) is 2.52. The highest BCUT2D eigenvalue weighted by atomic mass is 16.5. The van der Waals surface area contributed by atoms with Gasteiger partial charge in [0.2, 0.25) is 5.91 Å². The third kappa shape index (κ3) is 4.94. The largest absolute Gasteiger partial charge is 0.453 e. The maximum atomic E-state index is 11.7. The van der Waals surface area contributed by atoms with Crippen LogP contribution in [0.1, 0.15) is 45.4 Å². The van der Waals surface area contributed by atoms with E-state index < -0.39 is 6.09 Å². The molecule has 1 aliphatic rings. The van der Waals surface area contributed by atoms with Crippen molar-refractivity contribution in [3.05, 3.63) is 0 Å². The summed E-state index contributed by atoms with van der Waals surface area (Å²) in [6.45, 7) is 2.61. The molecule has 0 aliphatic heterocycles. The normalized spacial score (nSPS) is 16.8. The minimum absolute atomic E-state index is 0.0913. The molecule has 0 aromatic rings. The Hall–Kier alpha value is -1.26. The van der Waals surface area contributed by atoms with Crippen LogP contribution < -0.4 is 5.32 Å². The van der Waals surface area contributed by atoms with Gasteiger partial charge in [-0.1, -0.05) is 25.7 Å². The number of methoxy groups -OCH3 is 1. The van der Waals surface area contributed by atoms with Crippen molar-refractivity contribution in [3.8, 4) is 0 Å². The minimum atomic E-state index is -0.445. The van der Waals surface area contributed by atoms with Crippen molar-refractivity contribution in [2.45, 2.75) is 51.5 Å². The Bertz CT molecular complexity index is 273.